The van der Waals surface area contributed by atoms with E-state index in [1.165, 1.54) is 6.08 Å². The minimum absolute atomic E-state index is 0.368. The molecule has 0 bridgehead atoms. The molecule has 1 aromatic carbocycles. The molecule has 1 aromatic heterocycles. The molecule has 0 N–H and O–H groups in total. The molecule has 0 saturated heterocycles. The van der Waals surface area contributed by atoms with Gasteiger partial charge in [-0.25, -0.2) is 0 Å². The third-order valence-electron chi connectivity index (χ3n) is 2.02. The third kappa shape index (κ3) is 1.92. The van der Waals surface area contributed by atoms with Crippen molar-refractivity contribution in [1.82, 2.24) is 10.1 Å². The summed E-state index contributed by atoms with van der Waals surface area (Å²) in [5.74, 6) is 1.42. The fraction of sp³-hybridized carbons (Fsp3) is 0.0909. The van der Waals surface area contributed by atoms with Crippen LogP contribution in [0.25, 0.3) is 17.5 Å². The zero-order chi connectivity index (χ0) is 11.5. The van der Waals surface area contributed by atoms with Crippen molar-refractivity contribution >= 4 is 17.7 Å². The monoisotopic (exact) mass is 236 g/mol. The predicted octanol–water partition coefficient (Wildman–Crippen LogP) is 3.04. The molecule has 0 fully saturated rings. The Morgan fingerprint density at radius 3 is 2.94 bits per heavy atom. The predicted molar refractivity (Wildman–Crippen MR) is 61.4 cm³/mol. The number of rotatable bonds is 3. The number of aromatic nitrogens is 2. The fourth-order valence-corrected chi connectivity index (χ4v) is 1.44. The summed E-state index contributed by atoms with van der Waals surface area (Å²) in [4.78, 5) is 4.12. The van der Waals surface area contributed by atoms with E-state index in [1.807, 2.05) is 0 Å². The first-order valence-corrected chi connectivity index (χ1v) is 4.92. The molecule has 4 nitrogen and oxygen atoms in total. The first kappa shape index (κ1) is 10.7. The smallest absolute Gasteiger partial charge is 0.250 e. The quantitative estimate of drug-likeness (QED) is 0.822. The van der Waals surface area contributed by atoms with Crippen molar-refractivity contribution < 1.29 is 9.26 Å². The molecule has 0 radical (unpaired) electrons. The van der Waals surface area contributed by atoms with Gasteiger partial charge >= 0.3 is 0 Å². The van der Waals surface area contributed by atoms with E-state index >= 15 is 0 Å². The maximum Gasteiger partial charge on any atom is 0.250 e. The average molecular weight is 237 g/mol. The molecule has 0 aliphatic rings. The summed E-state index contributed by atoms with van der Waals surface area (Å²) in [5.41, 5.74) is 0.726. The van der Waals surface area contributed by atoms with Gasteiger partial charge in [0.05, 0.1) is 12.7 Å². The van der Waals surface area contributed by atoms with E-state index in [-0.39, 0.29) is 0 Å². The number of nitrogens with zero attached hydrogens (tertiary/aromatic N) is 2. The lowest BCUT2D eigenvalue weighted by Crippen LogP contribution is -1.89. The summed E-state index contributed by atoms with van der Waals surface area (Å²) in [7, 11) is 1.56. The van der Waals surface area contributed by atoms with Crippen molar-refractivity contribution in [1.29, 1.82) is 0 Å². The molecular weight excluding hydrogens is 228 g/mol. The van der Waals surface area contributed by atoms with Crippen molar-refractivity contribution in [3.8, 4) is 17.1 Å². The number of ether oxygens (including phenoxy) is 1. The summed E-state index contributed by atoms with van der Waals surface area (Å²) in [6, 6.07) is 5.21. The molecule has 1 heterocycles. The number of hydrogen-bond donors (Lipinski definition) is 0. The second-order valence-corrected chi connectivity index (χ2v) is 3.44. The molecule has 0 saturated carbocycles. The maximum absolute atomic E-state index is 5.86. The van der Waals surface area contributed by atoms with Crippen LogP contribution in [0.2, 0.25) is 5.02 Å². The summed E-state index contributed by atoms with van der Waals surface area (Å²) in [5, 5.41) is 4.41. The van der Waals surface area contributed by atoms with Gasteiger partial charge in [0, 0.05) is 5.02 Å². The molecule has 0 aliphatic carbocycles. The number of halogens is 1. The Morgan fingerprint density at radius 1 is 1.50 bits per heavy atom. The molecule has 0 aliphatic heterocycles. The summed E-state index contributed by atoms with van der Waals surface area (Å²) < 4.78 is 10.1. The van der Waals surface area contributed by atoms with Gasteiger partial charge in [-0.15, -0.1) is 0 Å². The Kier molecular flexibility index (Phi) is 2.92. The highest BCUT2D eigenvalue weighted by Gasteiger charge is 2.12. The van der Waals surface area contributed by atoms with Crippen molar-refractivity contribution in [3.63, 3.8) is 0 Å². The summed E-state index contributed by atoms with van der Waals surface area (Å²) in [6.45, 7) is 3.55. The summed E-state index contributed by atoms with van der Waals surface area (Å²) >= 11 is 5.86. The second kappa shape index (κ2) is 4.37. The molecule has 0 unspecified atom stereocenters. The largest absolute Gasteiger partial charge is 0.496 e. The van der Waals surface area contributed by atoms with Crippen LogP contribution in [-0.2, 0) is 0 Å². The van der Waals surface area contributed by atoms with Crippen molar-refractivity contribution in [3.05, 3.63) is 35.7 Å². The normalized spacial score (nSPS) is 10.1. The topological polar surface area (TPSA) is 48.2 Å². The van der Waals surface area contributed by atoms with E-state index in [0.717, 1.165) is 5.56 Å². The third-order valence-corrected chi connectivity index (χ3v) is 2.26. The Labute approximate surface area is 97.5 Å². The van der Waals surface area contributed by atoms with E-state index < -0.39 is 0 Å². The van der Waals surface area contributed by atoms with Crippen LogP contribution in [-0.4, -0.2) is 17.3 Å². The second-order valence-electron chi connectivity index (χ2n) is 3.00. The highest BCUT2D eigenvalue weighted by molar-refractivity contribution is 6.30. The summed E-state index contributed by atoms with van der Waals surface area (Å²) in [6.07, 6.45) is 1.49. The number of benzene rings is 1. The fourth-order valence-electron chi connectivity index (χ4n) is 1.28. The van der Waals surface area contributed by atoms with E-state index in [2.05, 4.69) is 16.7 Å². The molecule has 0 spiro atoms. The molecule has 5 heteroatoms. The van der Waals surface area contributed by atoms with Crippen LogP contribution in [0.4, 0.5) is 0 Å². The van der Waals surface area contributed by atoms with Crippen LogP contribution < -0.4 is 4.74 Å². The highest BCUT2D eigenvalue weighted by atomic mass is 35.5. The van der Waals surface area contributed by atoms with Gasteiger partial charge in [0.2, 0.25) is 11.7 Å². The van der Waals surface area contributed by atoms with Gasteiger partial charge in [-0.05, 0) is 24.3 Å². The lowest BCUT2D eigenvalue weighted by molar-refractivity contribution is 0.406. The van der Waals surface area contributed by atoms with Crippen LogP contribution in [0.15, 0.2) is 29.3 Å². The molecule has 2 rings (SSSR count). The first-order chi connectivity index (χ1) is 7.74. The van der Waals surface area contributed by atoms with Crippen LogP contribution in [0.1, 0.15) is 5.89 Å². The Hall–Kier alpha value is -1.81. The van der Waals surface area contributed by atoms with E-state index in [9.17, 15) is 0 Å². The van der Waals surface area contributed by atoms with Gasteiger partial charge in [0.15, 0.2) is 0 Å². The van der Waals surface area contributed by atoms with E-state index in [0.29, 0.717) is 22.5 Å². The van der Waals surface area contributed by atoms with Crippen LogP contribution in [0, 0.1) is 0 Å². The van der Waals surface area contributed by atoms with Crippen molar-refractivity contribution in [2.24, 2.45) is 0 Å². The van der Waals surface area contributed by atoms with Crippen LogP contribution in [0.5, 0.6) is 5.75 Å². The lowest BCUT2D eigenvalue weighted by atomic mass is 10.2. The molecule has 82 valence electrons. The SMILES string of the molecule is C=Cc1nc(-c2ccc(Cl)cc2OC)no1. The van der Waals surface area contributed by atoms with Gasteiger partial charge < -0.3 is 9.26 Å². The van der Waals surface area contributed by atoms with Gasteiger partial charge in [0.25, 0.3) is 0 Å². The Balaban J connectivity index is 2.50. The Morgan fingerprint density at radius 2 is 2.31 bits per heavy atom. The zero-order valence-electron chi connectivity index (χ0n) is 8.61. The average Bonchev–Trinajstić information content (AvgIpc) is 2.77. The molecular formula is C11H9ClN2O2. The molecule has 2 aromatic rings. The number of methoxy groups -OCH3 is 1. The minimum Gasteiger partial charge on any atom is -0.496 e. The van der Waals surface area contributed by atoms with Gasteiger partial charge in [-0.3, -0.25) is 0 Å². The van der Waals surface area contributed by atoms with E-state index in [1.54, 1.807) is 25.3 Å². The van der Waals surface area contributed by atoms with Crippen LogP contribution >= 0.6 is 11.6 Å². The number of hydrogen-bond acceptors (Lipinski definition) is 4. The van der Waals surface area contributed by atoms with Gasteiger partial charge in [0.1, 0.15) is 5.75 Å². The Bertz CT molecular complexity index is 522. The van der Waals surface area contributed by atoms with Gasteiger partial charge in [-0.2, -0.15) is 4.98 Å². The highest BCUT2D eigenvalue weighted by Crippen LogP contribution is 2.30. The molecule has 16 heavy (non-hydrogen) atoms. The van der Waals surface area contributed by atoms with Crippen LogP contribution in [0.3, 0.4) is 0 Å². The van der Waals surface area contributed by atoms with Crippen molar-refractivity contribution in [2.75, 3.05) is 7.11 Å². The maximum atomic E-state index is 5.86. The minimum atomic E-state index is 0.368. The van der Waals surface area contributed by atoms with Gasteiger partial charge in [-0.1, -0.05) is 23.3 Å². The standard InChI is InChI=1S/C11H9ClN2O2/c1-3-10-13-11(14-16-10)8-5-4-7(12)6-9(8)15-2/h3-6H,1H2,2H3. The lowest BCUT2D eigenvalue weighted by Gasteiger charge is -2.04. The molecule has 0 amide bonds. The zero-order valence-corrected chi connectivity index (χ0v) is 9.36. The van der Waals surface area contributed by atoms with E-state index in [4.69, 9.17) is 20.9 Å². The molecule has 0 atom stereocenters. The van der Waals surface area contributed by atoms with Crippen molar-refractivity contribution in [2.45, 2.75) is 0 Å². The first-order valence-electron chi connectivity index (χ1n) is 4.54.